The molecule has 0 bridgehead atoms. The highest BCUT2D eigenvalue weighted by molar-refractivity contribution is 5.91. The highest BCUT2D eigenvalue weighted by Gasteiger charge is 2.21. The van der Waals surface area contributed by atoms with Crippen LogP contribution in [-0.4, -0.2) is 5.97 Å². The lowest BCUT2D eigenvalue weighted by atomic mass is 9.86. The molecule has 1 heterocycles. The Morgan fingerprint density at radius 3 is 2.22 bits per heavy atom. The third-order valence-electron chi connectivity index (χ3n) is 5.18. The molecule has 32 heavy (non-hydrogen) atoms. The van der Waals surface area contributed by atoms with E-state index in [1.807, 2.05) is 54.6 Å². The molecule has 0 unspecified atom stereocenters. The van der Waals surface area contributed by atoms with E-state index in [2.05, 4.69) is 20.8 Å². The molecule has 4 aromatic rings. The largest absolute Gasteiger partial charge is 0.452 e. The molecule has 4 nitrogen and oxygen atoms in total. The van der Waals surface area contributed by atoms with Crippen LogP contribution in [0.5, 0.6) is 5.75 Å². The van der Waals surface area contributed by atoms with Crippen molar-refractivity contribution in [2.24, 2.45) is 0 Å². The van der Waals surface area contributed by atoms with E-state index in [0.29, 0.717) is 16.5 Å². The molecule has 160 valence electrons. The summed E-state index contributed by atoms with van der Waals surface area (Å²) in [5, 5.41) is 0.359. The summed E-state index contributed by atoms with van der Waals surface area (Å²) < 4.78 is 11.6. The topological polar surface area (TPSA) is 56.5 Å². The van der Waals surface area contributed by atoms with Gasteiger partial charge in [-0.2, -0.15) is 0 Å². The molecule has 1 aromatic heterocycles. The van der Waals surface area contributed by atoms with Crippen molar-refractivity contribution in [3.05, 3.63) is 106 Å². The predicted molar refractivity (Wildman–Crippen MR) is 128 cm³/mol. The number of ether oxygens (including phenoxy) is 1. The first-order valence-corrected chi connectivity index (χ1v) is 10.4. The fraction of sp³-hybridized carbons (Fsp3) is 0.143. The van der Waals surface area contributed by atoms with Gasteiger partial charge < -0.3 is 9.15 Å². The molecule has 4 heteroatoms. The van der Waals surface area contributed by atoms with Crippen LogP contribution in [-0.2, 0) is 10.2 Å². The minimum atomic E-state index is -0.649. The molecule has 3 aromatic carbocycles. The van der Waals surface area contributed by atoms with Gasteiger partial charge in [-0.05, 0) is 34.8 Å². The molecule has 0 fully saturated rings. The van der Waals surface area contributed by atoms with Gasteiger partial charge >= 0.3 is 5.97 Å². The monoisotopic (exact) mass is 424 g/mol. The fourth-order valence-electron chi connectivity index (χ4n) is 3.39. The van der Waals surface area contributed by atoms with Gasteiger partial charge in [-0.25, -0.2) is 4.79 Å². The van der Waals surface area contributed by atoms with Gasteiger partial charge in [0.25, 0.3) is 0 Å². The van der Waals surface area contributed by atoms with E-state index in [-0.39, 0.29) is 22.4 Å². The normalized spacial score (nSPS) is 11.7. The second-order valence-corrected chi connectivity index (χ2v) is 8.58. The van der Waals surface area contributed by atoms with Crippen molar-refractivity contribution in [2.75, 3.05) is 0 Å². The first-order chi connectivity index (χ1) is 15.3. The summed E-state index contributed by atoms with van der Waals surface area (Å²) in [5.41, 5.74) is 2.70. The summed E-state index contributed by atoms with van der Waals surface area (Å²) in [7, 11) is 0. The van der Waals surface area contributed by atoms with Crippen LogP contribution >= 0.6 is 0 Å². The maximum absolute atomic E-state index is 13.2. The molecule has 4 rings (SSSR count). The highest BCUT2D eigenvalue weighted by Crippen LogP contribution is 2.32. The molecule has 0 saturated carbocycles. The SMILES string of the molecule is CC(C)(C)c1ccc(-c2oc3ccccc3c(=O)c2OC(=O)/C=C/c2ccccc2)cc1. The zero-order valence-corrected chi connectivity index (χ0v) is 18.3. The molecule has 0 N–H and O–H groups in total. The third-order valence-corrected chi connectivity index (χ3v) is 5.18. The predicted octanol–water partition coefficient (Wildman–Crippen LogP) is 6.38. The molecular weight excluding hydrogens is 400 g/mol. The molecule has 0 radical (unpaired) electrons. The van der Waals surface area contributed by atoms with Gasteiger partial charge in [0.1, 0.15) is 5.58 Å². The average Bonchev–Trinajstić information content (AvgIpc) is 2.80. The van der Waals surface area contributed by atoms with E-state index in [1.54, 1.807) is 30.3 Å². The average molecular weight is 424 g/mol. The molecule has 0 saturated heterocycles. The smallest absolute Gasteiger partial charge is 0.336 e. The molecule has 0 spiro atoms. The van der Waals surface area contributed by atoms with Gasteiger partial charge in [0, 0.05) is 11.6 Å². The standard InChI is InChI=1S/C28H24O4/c1-28(2,3)21-16-14-20(15-17-21)26-27(25(30)22-11-7-8-12-23(22)31-26)32-24(29)18-13-19-9-5-4-6-10-19/h4-18H,1-3H3/b18-13+. The highest BCUT2D eigenvalue weighted by atomic mass is 16.5. The number of para-hydroxylation sites is 1. The van der Waals surface area contributed by atoms with Gasteiger partial charge in [-0.3, -0.25) is 4.79 Å². The Bertz CT molecular complexity index is 1340. The number of benzene rings is 3. The van der Waals surface area contributed by atoms with E-state index in [4.69, 9.17) is 9.15 Å². The van der Waals surface area contributed by atoms with Crippen molar-refractivity contribution in [1.82, 2.24) is 0 Å². The van der Waals surface area contributed by atoms with Gasteiger partial charge in [0.05, 0.1) is 5.39 Å². The quantitative estimate of drug-likeness (QED) is 0.282. The maximum atomic E-state index is 13.2. The van der Waals surface area contributed by atoms with Crippen LogP contribution < -0.4 is 10.2 Å². The Hall–Kier alpha value is -3.92. The van der Waals surface area contributed by atoms with Crippen LogP contribution in [0.1, 0.15) is 31.9 Å². The van der Waals surface area contributed by atoms with Crippen molar-refractivity contribution in [3.8, 4) is 17.1 Å². The van der Waals surface area contributed by atoms with E-state index in [1.165, 1.54) is 6.08 Å². The number of carbonyl (C=O) groups is 1. The Balaban J connectivity index is 1.77. The van der Waals surface area contributed by atoms with Crippen LogP contribution in [0.4, 0.5) is 0 Å². The van der Waals surface area contributed by atoms with Crippen LogP contribution in [0.3, 0.4) is 0 Å². The third kappa shape index (κ3) is 4.54. The molecule has 0 aliphatic carbocycles. The Morgan fingerprint density at radius 2 is 1.53 bits per heavy atom. The summed E-state index contributed by atoms with van der Waals surface area (Å²) in [6.45, 7) is 6.39. The lowest BCUT2D eigenvalue weighted by Gasteiger charge is -2.19. The summed E-state index contributed by atoms with van der Waals surface area (Å²) in [5.74, 6) is -0.533. The summed E-state index contributed by atoms with van der Waals surface area (Å²) in [6.07, 6.45) is 2.94. The molecule has 0 atom stereocenters. The fourth-order valence-corrected chi connectivity index (χ4v) is 3.39. The number of carbonyl (C=O) groups excluding carboxylic acids is 1. The van der Waals surface area contributed by atoms with Crippen molar-refractivity contribution >= 4 is 23.0 Å². The Labute approximate surface area is 186 Å². The van der Waals surface area contributed by atoms with E-state index in [9.17, 15) is 9.59 Å². The number of hydrogen-bond donors (Lipinski definition) is 0. The maximum Gasteiger partial charge on any atom is 0.336 e. The van der Waals surface area contributed by atoms with E-state index in [0.717, 1.165) is 11.1 Å². The van der Waals surface area contributed by atoms with Crippen LogP contribution in [0.25, 0.3) is 28.4 Å². The van der Waals surface area contributed by atoms with Gasteiger partial charge in [-0.15, -0.1) is 0 Å². The summed E-state index contributed by atoms with van der Waals surface area (Å²) in [4.78, 5) is 25.8. The first kappa shape index (κ1) is 21.3. The van der Waals surface area contributed by atoms with Crippen LogP contribution in [0.2, 0.25) is 0 Å². The first-order valence-electron chi connectivity index (χ1n) is 10.4. The number of fused-ring (bicyclic) bond motifs is 1. The minimum absolute atomic E-state index is 0.0136. The van der Waals surface area contributed by atoms with Crippen LogP contribution in [0, 0.1) is 0 Å². The minimum Gasteiger partial charge on any atom is -0.452 e. The van der Waals surface area contributed by atoms with Crippen molar-refractivity contribution in [3.63, 3.8) is 0 Å². The van der Waals surface area contributed by atoms with Crippen molar-refractivity contribution in [2.45, 2.75) is 26.2 Å². The summed E-state index contributed by atoms with van der Waals surface area (Å²) in [6, 6.07) is 24.1. The second kappa shape index (κ2) is 8.67. The lowest BCUT2D eigenvalue weighted by molar-refractivity contribution is -0.129. The van der Waals surface area contributed by atoms with Gasteiger partial charge in [0.15, 0.2) is 5.76 Å². The van der Waals surface area contributed by atoms with Crippen molar-refractivity contribution in [1.29, 1.82) is 0 Å². The summed E-state index contributed by atoms with van der Waals surface area (Å²) >= 11 is 0. The van der Waals surface area contributed by atoms with Gasteiger partial charge in [-0.1, -0.05) is 87.5 Å². The van der Waals surface area contributed by atoms with Gasteiger partial charge in [0.2, 0.25) is 11.2 Å². The second-order valence-electron chi connectivity index (χ2n) is 8.58. The molecular formula is C28H24O4. The van der Waals surface area contributed by atoms with Crippen molar-refractivity contribution < 1.29 is 13.9 Å². The molecule has 0 amide bonds. The lowest BCUT2D eigenvalue weighted by Crippen LogP contribution is -2.14. The van der Waals surface area contributed by atoms with Crippen LogP contribution in [0.15, 0.2) is 94.2 Å². The van der Waals surface area contributed by atoms with E-state index < -0.39 is 5.97 Å². The molecule has 0 aliphatic heterocycles. The zero-order valence-electron chi connectivity index (χ0n) is 18.3. The Morgan fingerprint density at radius 1 is 0.875 bits per heavy atom. The number of esters is 1. The zero-order chi connectivity index (χ0) is 22.7. The number of hydrogen-bond acceptors (Lipinski definition) is 4. The Kier molecular flexibility index (Phi) is 5.78. The van der Waals surface area contributed by atoms with E-state index >= 15 is 0 Å². The number of rotatable bonds is 4. The molecule has 0 aliphatic rings.